The normalized spacial score (nSPS) is 22.1. The fourth-order valence-corrected chi connectivity index (χ4v) is 4.34. The van der Waals surface area contributed by atoms with Gasteiger partial charge in [-0.3, -0.25) is 14.5 Å². The Kier molecular flexibility index (Phi) is 5.85. The van der Waals surface area contributed by atoms with Crippen molar-refractivity contribution in [3.63, 3.8) is 0 Å². The van der Waals surface area contributed by atoms with Crippen molar-refractivity contribution in [3.8, 4) is 0 Å². The van der Waals surface area contributed by atoms with E-state index in [1.165, 1.54) is 18.4 Å². The summed E-state index contributed by atoms with van der Waals surface area (Å²) >= 11 is 0. The van der Waals surface area contributed by atoms with Crippen molar-refractivity contribution in [3.05, 3.63) is 29.6 Å². The van der Waals surface area contributed by atoms with E-state index >= 15 is 0 Å². The third kappa shape index (κ3) is 5.15. The summed E-state index contributed by atoms with van der Waals surface area (Å²) in [5.41, 5.74) is 3.11. The number of likely N-dealkylation sites (tertiary alicyclic amines) is 1. The Morgan fingerprint density at radius 1 is 1.17 bits per heavy atom. The third-order valence-electron chi connectivity index (χ3n) is 6.08. The summed E-state index contributed by atoms with van der Waals surface area (Å²) in [5.74, 6) is 1.62. The van der Waals surface area contributed by atoms with Crippen LogP contribution in [-0.2, 0) is 16.1 Å². The highest BCUT2D eigenvalue weighted by Crippen LogP contribution is 2.35. The predicted molar refractivity (Wildman–Crippen MR) is 112 cm³/mol. The van der Waals surface area contributed by atoms with E-state index in [9.17, 15) is 9.59 Å². The Hall–Kier alpha value is -2.41. The Balaban J connectivity index is 1.31. The number of nitrogens with zero attached hydrogens (tertiary/aromatic N) is 2. The number of imidazole rings is 1. The van der Waals surface area contributed by atoms with Crippen LogP contribution >= 0.6 is 0 Å². The quantitative estimate of drug-likeness (QED) is 0.637. The molecule has 2 aliphatic rings. The van der Waals surface area contributed by atoms with Crippen molar-refractivity contribution < 1.29 is 9.59 Å². The molecule has 3 N–H and O–H groups in total. The number of H-pyrrole nitrogens is 1. The number of carbonyl (C=O) groups is 2. The van der Waals surface area contributed by atoms with Crippen LogP contribution in [0, 0.1) is 12.8 Å². The van der Waals surface area contributed by atoms with E-state index in [-0.39, 0.29) is 17.9 Å². The number of fused-ring (bicyclic) bond motifs is 1. The number of benzene rings is 1. The maximum absolute atomic E-state index is 12.6. The summed E-state index contributed by atoms with van der Waals surface area (Å²) in [6, 6.07) is 6.70. The lowest BCUT2D eigenvalue weighted by Gasteiger charge is -2.30. The largest absolute Gasteiger partial charge is 0.355 e. The first-order chi connectivity index (χ1) is 14.0. The minimum absolute atomic E-state index is 0.0126. The summed E-state index contributed by atoms with van der Waals surface area (Å²) in [4.78, 5) is 34.2. The smallest absolute Gasteiger partial charge is 0.221 e. The molecule has 1 saturated heterocycles. The summed E-state index contributed by atoms with van der Waals surface area (Å²) in [6.45, 7) is 5.75. The molecule has 0 radical (unpaired) electrons. The van der Waals surface area contributed by atoms with Crippen LogP contribution in [0.4, 0.5) is 0 Å². The Morgan fingerprint density at radius 3 is 2.72 bits per heavy atom. The van der Waals surface area contributed by atoms with E-state index in [0.717, 1.165) is 42.2 Å². The fourth-order valence-electron chi connectivity index (χ4n) is 4.34. The molecule has 2 amide bonds. The van der Waals surface area contributed by atoms with Gasteiger partial charge >= 0.3 is 0 Å². The summed E-state index contributed by atoms with van der Waals surface area (Å²) in [6.07, 6.45) is 5.12. The molecule has 2 fully saturated rings. The Labute approximate surface area is 171 Å². The van der Waals surface area contributed by atoms with Crippen LogP contribution in [0.15, 0.2) is 18.2 Å². The highest BCUT2D eigenvalue weighted by molar-refractivity contribution is 5.77. The van der Waals surface area contributed by atoms with Crippen molar-refractivity contribution in [1.82, 2.24) is 25.5 Å². The van der Waals surface area contributed by atoms with E-state index in [0.29, 0.717) is 25.6 Å². The lowest BCUT2D eigenvalue weighted by atomic mass is 10.1. The number of amides is 2. The molecule has 1 aromatic heterocycles. The molecule has 2 aromatic rings. The lowest BCUT2D eigenvalue weighted by Crippen LogP contribution is -2.45. The van der Waals surface area contributed by atoms with E-state index < -0.39 is 0 Å². The minimum Gasteiger partial charge on any atom is -0.355 e. The number of carbonyl (C=O) groups excluding carboxylic acids is 2. The molecule has 4 rings (SSSR count). The second kappa shape index (κ2) is 8.53. The van der Waals surface area contributed by atoms with E-state index in [1.54, 1.807) is 6.92 Å². The summed E-state index contributed by atoms with van der Waals surface area (Å²) < 4.78 is 0. The Bertz CT molecular complexity index is 888. The van der Waals surface area contributed by atoms with Crippen molar-refractivity contribution in [2.45, 2.75) is 64.6 Å². The van der Waals surface area contributed by atoms with Crippen LogP contribution in [-0.4, -0.2) is 51.9 Å². The average Bonchev–Trinajstić information content (AvgIpc) is 3.29. The second-order valence-electron chi connectivity index (χ2n) is 8.65. The monoisotopic (exact) mass is 397 g/mol. The molecular formula is C22H31N5O2. The van der Waals surface area contributed by atoms with Crippen LogP contribution in [0.3, 0.4) is 0 Å². The van der Waals surface area contributed by atoms with Gasteiger partial charge in [0, 0.05) is 38.5 Å². The zero-order valence-corrected chi connectivity index (χ0v) is 17.3. The van der Waals surface area contributed by atoms with Gasteiger partial charge in [-0.15, -0.1) is 0 Å². The highest BCUT2D eigenvalue weighted by Gasteiger charge is 2.37. The number of aromatic amines is 1. The number of hydrogen-bond acceptors (Lipinski definition) is 4. The lowest BCUT2D eigenvalue weighted by molar-refractivity contribution is -0.123. The molecule has 156 valence electrons. The first kappa shape index (κ1) is 19.9. The van der Waals surface area contributed by atoms with Gasteiger partial charge in [-0.2, -0.15) is 0 Å². The molecule has 1 saturated carbocycles. The molecule has 1 aliphatic carbocycles. The molecule has 2 heterocycles. The van der Waals surface area contributed by atoms with Crippen molar-refractivity contribution >= 4 is 22.8 Å². The van der Waals surface area contributed by atoms with Gasteiger partial charge in [0.15, 0.2) is 0 Å². The zero-order valence-electron chi connectivity index (χ0n) is 17.3. The fraction of sp³-hybridized carbons (Fsp3) is 0.591. The third-order valence-corrected chi connectivity index (χ3v) is 6.08. The molecule has 0 spiro atoms. The molecule has 7 heteroatoms. The van der Waals surface area contributed by atoms with Gasteiger partial charge in [-0.05, 0) is 56.2 Å². The van der Waals surface area contributed by atoms with Crippen LogP contribution in [0.1, 0.15) is 50.4 Å². The van der Waals surface area contributed by atoms with Crippen molar-refractivity contribution in [2.24, 2.45) is 5.92 Å². The van der Waals surface area contributed by atoms with Crippen LogP contribution in [0.5, 0.6) is 0 Å². The van der Waals surface area contributed by atoms with E-state index in [2.05, 4.69) is 38.5 Å². The van der Waals surface area contributed by atoms with E-state index in [1.807, 2.05) is 12.1 Å². The highest BCUT2D eigenvalue weighted by atomic mass is 16.2. The molecule has 0 bridgehead atoms. The molecule has 2 atom stereocenters. The topological polar surface area (TPSA) is 90.1 Å². The molecule has 7 nitrogen and oxygen atoms in total. The number of aromatic nitrogens is 2. The summed E-state index contributed by atoms with van der Waals surface area (Å²) in [7, 11) is 0. The predicted octanol–water partition coefficient (Wildman–Crippen LogP) is 2.26. The first-order valence-corrected chi connectivity index (χ1v) is 10.7. The van der Waals surface area contributed by atoms with Gasteiger partial charge in [-0.25, -0.2) is 4.98 Å². The molecular weight excluding hydrogens is 366 g/mol. The van der Waals surface area contributed by atoms with Gasteiger partial charge in [0.2, 0.25) is 11.8 Å². The van der Waals surface area contributed by atoms with Gasteiger partial charge in [0.05, 0.1) is 17.6 Å². The maximum atomic E-state index is 12.6. The molecule has 29 heavy (non-hydrogen) atoms. The Morgan fingerprint density at radius 2 is 1.97 bits per heavy atom. The molecule has 0 unspecified atom stereocenters. The number of nitrogens with one attached hydrogen (secondary N) is 3. The van der Waals surface area contributed by atoms with Crippen LogP contribution < -0.4 is 10.6 Å². The van der Waals surface area contributed by atoms with Crippen LogP contribution in [0.2, 0.25) is 0 Å². The number of aryl methyl sites for hydroxylation is 1. The second-order valence-corrected chi connectivity index (χ2v) is 8.65. The van der Waals surface area contributed by atoms with Gasteiger partial charge in [0.25, 0.3) is 0 Å². The van der Waals surface area contributed by atoms with Crippen molar-refractivity contribution in [2.75, 3.05) is 13.1 Å². The van der Waals surface area contributed by atoms with Crippen LogP contribution in [0.25, 0.3) is 11.0 Å². The SMILES string of the molecule is CC(=O)NC[C@@H]1CC[C@H](CC(=O)NCc2nc3ccc(C)cc3[nH]2)N1CC1CC1. The molecule has 1 aromatic carbocycles. The zero-order chi connectivity index (χ0) is 20.4. The number of rotatable bonds is 8. The van der Waals surface area contributed by atoms with Gasteiger partial charge in [-0.1, -0.05) is 6.07 Å². The molecule has 1 aliphatic heterocycles. The van der Waals surface area contributed by atoms with Gasteiger partial charge in [0.1, 0.15) is 5.82 Å². The minimum atomic E-state index is 0.0126. The number of hydrogen-bond donors (Lipinski definition) is 3. The van der Waals surface area contributed by atoms with Gasteiger partial charge < -0.3 is 15.6 Å². The maximum Gasteiger partial charge on any atom is 0.221 e. The van der Waals surface area contributed by atoms with E-state index in [4.69, 9.17) is 0 Å². The first-order valence-electron chi connectivity index (χ1n) is 10.7. The standard InChI is InChI=1S/C22H31N5O2/c1-14-3-8-19-20(9-14)26-21(25-19)12-24-22(29)10-17-6-7-18(11-23-15(2)28)27(17)13-16-4-5-16/h3,8-9,16-18H,4-7,10-13H2,1-2H3,(H,23,28)(H,24,29)(H,25,26)/t17-,18+/m1/s1. The van der Waals surface area contributed by atoms with Crippen molar-refractivity contribution in [1.29, 1.82) is 0 Å². The summed E-state index contributed by atoms with van der Waals surface area (Å²) in [5, 5.41) is 5.98. The average molecular weight is 398 g/mol.